The molecule has 4 heterocycles. The summed E-state index contributed by atoms with van der Waals surface area (Å²) < 4.78 is 31.7. The summed E-state index contributed by atoms with van der Waals surface area (Å²) in [7, 11) is 0. The van der Waals surface area contributed by atoms with Crippen molar-refractivity contribution in [2.24, 2.45) is 0 Å². The highest BCUT2D eigenvalue weighted by molar-refractivity contribution is 5.83. The summed E-state index contributed by atoms with van der Waals surface area (Å²) in [4.78, 5) is 19.3. The molecule has 7 nitrogen and oxygen atoms in total. The van der Waals surface area contributed by atoms with Crippen molar-refractivity contribution in [1.29, 1.82) is 0 Å². The lowest BCUT2D eigenvalue weighted by atomic mass is 9.87. The Morgan fingerprint density at radius 1 is 1.21 bits per heavy atom. The van der Waals surface area contributed by atoms with Gasteiger partial charge in [0, 0.05) is 40.9 Å². The van der Waals surface area contributed by atoms with Gasteiger partial charge in [0.05, 0.1) is 0 Å². The van der Waals surface area contributed by atoms with E-state index in [0.29, 0.717) is 5.92 Å². The van der Waals surface area contributed by atoms with Crippen molar-refractivity contribution in [2.45, 2.75) is 38.4 Å². The zero-order valence-corrected chi connectivity index (χ0v) is 18.0. The second-order valence-electron chi connectivity index (χ2n) is 8.20. The molecule has 10 heteroatoms. The quantitative estimate of drug-likeness (QED) is 0.410. The molecule has 0 spiro atoms. The third-order valence-electron chi connectivity index (χ3n) is 5.96. The van der Waals surface area contributed by atoms with Gasteiger partial charge in [0.25, 0.3) is 0 Å². The molecule has 1 aliphatic rings. The number of carboxylic acid groups (broad SMARTS) is 1. The Hall–Kier alpha value is -3.40. The summed E-state index contributed by atoms with van der Waals surface area (Å²) >= 11 is 0. The van der Waals surface area contributed by atoms with Crippen LogP contribution in [-0.4, -0.2) is 55.4 Å². The first-order chi connectivity index (χ1) is 15.7. The smallest absolute Gasteiger partial charge is 0.475 e. The Labute approximate surface area is 187 Å². The van der Waals surface area contributed by atoms with Crippen molar-refractivity contribution >= 4 is 27.9 Å². The fourth-order valence-corrected chi connectivity index (χ4v) is 4.28. The third kappa shape index (κ3) is 5.16. The lowest BCUT2D eigenvalue weighted by molar-refractivity contribution is -0.192. The van der Waals surface area contributed by atoms with Crippen molar-refractivity contribution < 1.29 is 23.1 Å². The monoisotopic (exact) mass is 459 g/mol. The molecule has 0 amide bonds. The first kappa shape index (κ1) is 22.8. The Morgan fingerprint density at radius 3 is 2.64 bits per heavy atom. The van der Waals surface area contributed by atoms with Gasteiger partial charge in [-0.3, -0.25) is 10.00 Å². The van der Waals surface area contributed by atoms with Crippen molar-refractivity contribution in [3.63, 3.8) is 0 Å². The van der Waals surface area contributed by atoms with Gasteiger partial charge in [-0.25, -0.2) is 9.78 Å². The molecule has 33 heavy (non-hydrogen) atoms. The van der Waals surface area contributed by atoms with Gasteiger partial charge in [0.2, 0.25) is 0 Å². The fraction of sp³-hybridized carbons (Fsp3) is 0.348. The molecule has 5 rings (SSSR count). The number of alkyl halides is 3. The van der Waals surface area contributed by atoms with E-state index in [0.717, 1.165) is 36.4 Å². The number of aromatic nitrogens is 4. The Kier molecular flexibility index (Phi) is 6.37. The van der Waals surface area contributed by atoms with E-state index < -0.39 is 12.1 Å². The molecular formula is C23H24F3N5O2. The molecule has 0 radical (unpaired) electrons. The number of carbonyl (C=O) groups is 1. The van der Waals surface area contributed by atoms with E-state index in [1.54, 1.807) is 0 Å². The summed E-state index contributed by atoms with van der Waals surface area (Å²) in [5.41, 5.74) is 5.92. The summed E-state index contributed by atoms with van der Waals surface area (Å²) in [5, 5.41) is 16.9. The van der Waals surface area contributed by atoms with E-state index in [1.807, 2.05) is 19.3 Å². The van der Waals surface area contributed by atoms with Crippen LogP contribution in [0, 0.1) is 6.92 Å². The second kappa shape index (κ2) is 9.22. The number of hydrogen-bond acceptors (Lipinski definition) is 4. The van der Waals surface area contributed by atoms with Crippen molar-refractivity contribution in [3.8, 4) is 0 Å². The highest BCUT2D eigenvalue weighted by atomic mass is 19.4. The van der Waals surface area contributed by atoms with E-state index in [4.69, 9.17) is 9.90 Å². The van der Waals surface area contributed by atoms with Crippen LogP contribution in [0.25, 0.3) is 21.9 Å². The van der Waals surface area contributed by atoms with Gasteiger partial charge in [0.1, 0.15) is 0 Å². The molecule has 0 bridgehead atoms. The van der Waals surface area contributed by atoms with E-state index in [9.17, 15) is 13.2 Å². The van der Waals surface area contributed by atoms with Crippen LogP contribution in [0.3, 0.4) is 0 Å². The zero-order valence-electron chi connectivity index (χ0n) is 18.0. The van der Waals surface area contributed by atoms with Gasteiger partial charge in [-0.1, -0.05) is 12.1 Å². The highest BCUT2D eigenvalue weighted by Gasteiger charge is 2.38. The van der Waals surface area contributed by atoms with Crippen molar-refractivity contribution in [1.82, 2.24) is 25.1 Å². The zero-order chi connectivity index (χ0) is 23.6. The second-order valence-corrected chi connectivity index (χ2v) is 8.20. The minimum atomic E-state index is -5.08. The predicted octanol–water partition coefficient (Wildman–Crippen LogP) is 4.76. The molecule has 1 aliphatic heterocycles. The summed E-state index contributed by atoms with van der Waals surface area (Å²) in [6.07, 6.45) is 1.36. The van der Waals surface area contributed by atoms with Gasteiger partial charge < -0.3 is 10.1 Å². The van der Waals surface area contributed by atoms with E-state index >= 15 is 0 Å². The van der Waals surface area contributed by atoms with Gasteiger partial charge in [-0.15, -0.1) is 0 Å². The normalized spacial score (nSPS) is 15.5. The van der Waals surface area contributed by atoms with Gasteiger partial charge >= 0.3 is 12.1 Å². The first-order valence-corrected chi connectivity index (χ1v) is 10.6. The molecule has 1 aromatic carbocycles. The number of aromatic amines is 2. The number of nitrogens with zero attached hydrogens (tertiary/aromatic N) is 3. The average molecular weight is 459 g/mol. The molecule has 0 aliphatic carbocycles. The van der Waals surface area contributed by atoms with Crippen LogP contribution in [-0.2, 0) is 11.3 Å². The molecule has 4 aromatic rings. The maximum absolute atomic E-state index is 10.6. The molecule has 1 saturated heterocycles. The number of pyridine rings is 1. The minimum absolute atomic E-state index is 0.655. The van der Waals surface area contributed by atoms with Crippen LogP contribution >= 0.6 is 0 Å². The third-order valence-corrected chi connectivity index (χ3v) is 5.96. The standard InChI is InChI=1S/C21H23N5.C2HF3O2/c1-14-19-11-15(12-23-21(19)25-24-14)13-26-9-6-16(7-10-26)17-3-2-4-20-18(17)5-8-22-20;3-2(4,5)1(6)7/h2-5,8,11-12,16,22H,6-7,9-10,13H2,1H3,(H,23,24,25);(H,6,7). The van der Waals surface area contributed by atoms with Crippen LogP contribution in [0.4, 0.5) is 13.2 Å². The number of halogens is 3. The number of likely N-dealkylation sites (tertiary alicyclic amines) is 1. The number of benzene rings is 1. The van der Waals surface area contributed by atoms with E-state index in [-0.39, 0.29) is 0 Å². The molecule has 0 atom stereocenters. The number of rotatable bonds is 3. The van der Waals surface area contributed by atoms with Crippen molar-refractivity contribution in [2.75, 3.05) is 13.1 Å². The van der Waals surface area contributed by atoms with E-state index in [2.05, 4.69) is 55.4 Å². The Morgan fingerprint density at radius 2 is 1.94 bits per heavy atom. The topological polar surface area (TPSA) is 97.9 Å². The van der Waals surface area contributed by atoms with Gasteiger partial charge in [0.15, 0.2) is 5.65 Å². The average Bonchev–Trinajstić information content (AvgIpc) is 3.41. The fourth-order valence-electron chi connectivity index (χ4n) is 4.28. The number of nitrogens with one attached hydrogen (secondary N) is 2. The molecule has 1 fully saturated rings. The number of carboxylic acids is 1. The molecule has 174 valence electrons. The van der Waals surface area contributed by atoms with Gasteiger partial charge in [-0.05, 0) is 68.1 Å². The number of H-pyrrole nitrogens is 2. The number of aryl methyl sites for hydroxylation is 1. The molecule has 3 aromatic heterocycles. The predicted molar refractivity (Wildman–Crippen MR) is 118 cm³/mol. The van der Waals surface area contributed by atoms with Crippen LogP contribution in [0.1, 0.15) is 35.6 Å². The molecular weight excluding hydrogens is 435 g/mol. The lowest BCUT2D eigenvalue weighted by Gasteiger charge is -2.32. The SMILES string of the molecule is Cc1[nH]nc2ncc(CN3CCC(c4cccc5[nH]ccc45)CC3)cc12.O=C(O)C(F)(F)F. The van der Waals surface area contributed by atoms with Crippen LogP contribution < -0.4 is 0 Å². The van der Waals surface area contributed by atoms with Crippen LogP contribution in [0.5, 0.6) is 0 Å². The van der Waals surface area contributed by atoms with Crippen molar-refractivity contribution in [3.05, 3.63) is 59.5 Å². The Balaban J connectivity index is 0.000000325. The number of hydrogen-bond donors (Lipinski definition) is 3. The number of aliphatic carboxylic acids is 1. The Bertz CT molecular complexity index is 1260. The summed E-state index contributed by atoms with van der Waals surface area (Å²) in [6.45, 7) is 5.28. The highest BCUT2D eigenvalue weighted by Crippen LogP contribution is 2.33. The molecule has 0 saturated carbocycles. The minimum Gasteiger partial charge on any atom is -0.475 e. The van der Waals surface area contributed by atoms with Crippen LogP contribution in [0.15, 0.2) is 42.7 Å². The van der Waals surface area contributed by atoms with Gasteiger partial charge in [-0.2, -0.15) is 18.3 Å². The molecule has 3 N–H and O–H groups in total. The maximum atomic E-state index is 10.6. The van der Waals surface area contributed by atoms with E-state index in [1.165, 1.54) is 34.9 Å². The first-order valence-electron chi connectivity index (χ1n) is 10.6. The summed E-state index contributed by atoms with van der Waals surface area (Å²) in [5.74, 6) is -2.10. The van der Waals surface area contributed by atoms with Crippen LogP contribution in [0.2, 0.25) is 0 Å². The largest absolute Gasteiger partial charge is 0.490 e. The number of piperidine rings is 1. The lowest BCUT2D eigenvalue weighted by Crippen LogP contribution is -2.32. The summed E-state index contributed by atoms with van der Waals surface area (Å²) in [6, 6.07) is 11.1. The number of fused-ring (bicyclic) bond motifs is 2. The maximum Gasteiger partial charge on any atom is 0.490 e. The molecule has 0 unspecified atom stereocenters.